The van der Waals surface area contributed by atoms with Crippen molar-refractivity contribution in [1.82, 2.24) is 5.32 Å². The zero-order chi connectivity index (χ0) is 11.1. The first kappa shape index (κ1) is 11.5. The van der Waals surface area contributed by atoms with Gasteiger partial charge in [-0.3, -0.25) is 4.79 Å². The molecule has 2 nitrogen and oxygen atoms in total. The molecule has 0 aliphatic rings. The normalized spacial score (nSPS) is 9.67. The minimum absolute atomic E-state index is 0.0815. The number of benzene rings is 1. The van der Waals surface area contributed by atoms with Gasteiger partial charge in [-0.1, -0.05) is 43.8 Å². The van der Waals surface area contributed by atoms with Crippen LogP contribution in [0, 0.1) is 0 Å². The van der Waals surface area contributed by atoms with E-state index >= 15 is 0 Å². The van der Waals surface area contributed by atoms with Crippen molar-refractivity contribution in [3.8, 4) is 0 Å². The van der Waals surface area contributed by atoms with Crippen LogP contribution in [0.5, 0.6) is 0 Å². The smallest absolute Gasteiger partial charge is 0.224 e. The first-order chi connectivity index (χ1) is 7.26. The minimum Gasteiger partial charge on any atom is -0.356 e. The van der Waals surface area contributed by atoms with Crippen LogP contribution in [-0.2, 0) is 11.2 Å². The molecule has 2 heteroatoms. The summed E-state index contributed by atoms with van der Waals surface area (Å²) >= 11 is 0. The molecule has 0 unspecified atom stereocenters. The number of carbonyl (C=O) groups is 1. The summed E-state index contributed by atoms with van der Waals surface area (Å²) in [4.78, 5) is 11.4. The Hall–Kier alpha value is -1.57. The summed E-state index contributed by atoms with van der Waals surface area (Å²) in [5.74, 6) is 0.0815. The molecule has 0 spiro atoms. The standard InChI is InChI=1S/C13H17NO/c1-3-8-14-13(15)10-12-7-5-6-11(4-2)9-12/h4-7,9H,2-3,8,10H2,1H3,(H,14,15). The Bertz CT molecular complexity index is 344. The van der Waals surface area contributed by atoms with Gasteiger partial charge in [0.2, 0.25) is 5.91 Å². The van der Waals surface area contributed by atoms with Crippen LogP contribution < -0.4 is 5.32 Å². The van der Waals surface area contributed by atoms with Gasteiger partial charge in [0.15, 0.2) is 0 Å². The van der Waals surface area contributed by atoms with E-state index in [2.05, 4.69) is 11.9 Å². The lowest BCUT2D eigenvalue weighted by Crippen LogP contribution is -2.25. The molecule has 0 aromatic heterocycles. The highest BCUT2D eigenvalue weighted by molar-refractivity contribution is 5.78. The van der Waals surface area contributed by atoms with Gasteiger partial charge in [0.05, 0.1) is 6.42 Å². The van der Waals surface area contributed by atoms with E-state index in [1.165, 1.54) is 0 Å². The summed E-state index contributed by atoms with van der Waals surface area (Å²) in [5, 5.41) is 2.85. The molecule has 15 heavy (non-hydrogen) atoms. The molecule has 80 valence electrons. The van der Waals surface area contributed by atoms with Crippen molar-refractivity contribution in [2.75, 3.05) is 6.54 Å². The van der Waals surface area contributed by atoms with Crippen LogP contribution in [0.4, 0.5) is 0 Å². The predicted molar refractivity (Wildman–Crippen MR) is 63.5 cm³/mol. The van der Waals surface area contributed by atoms with Crippen LogP contribution in [-0.4, -0.2) is 12.5 Å². The molecule has 1 aromatic carbocycles. The summed E-state index contributed by atoms with van der Waals surface area (Å²) in [6.07, 6.45) is 3.20. The number of nitrogens with one attached hydrogen (secondary N) is 1. The molecule has 0 aliphatic carbocycles. The van der Waals surface area contributed by atoms with E-state index in [1.807, 2.05) is 31.2 Å². The molecular weight excluding hydrogens is 186 g/mol. The van der Waals surface area contributed by atoms with Crippen molar-refractivity contribution < 1.29 is 4.79 Å². The van der Waals surface area contributed by atoms with Gasteiger partial charge in [-0.2, -0.15) is 0 Å². The van der Waals surface area contributed by atoms with Crippen molar-refractivity contribution in [1.29, 1.82) is 0 Å². The van der Waals surface area contributed by atoms with Crippen LogP contribution in [0.2, 0.25) is 0 Å². The third-order valence-corrected chi connectivity index (χ3v) is 2.12. The van der Waals surface area contributed by atoms with E-state index in [-0.39, 0.29) is 5.91 Å². The topological polar surface area (TPSA) is 29.1 Å². The van der Waals surface area contributed by atoms with E-state index in [0.717, 1.165) is 24.1 Å². The van der Waals surface area contributed by atoms with Gasteiger partial charge in [-0.15, -0.1) is 0 Å². The number of rotatable bonds is 5. The molecule has 0 fully saturated rings. The predicted octanol–water partition coefficient (Wildman–Crippen LogP) is 2.40. The summed E-state index contributed by atoms with van der Waals surface area (Å²) in [7, 11) is 0. The molecule has 0 aliphatic heterocycles. The molecule has 1 amide bonds. The molecular formula is C13H17NO. The lowest BCUT2D eigenvalue weighted by Gasteiger charge is -2.04. The summed E-state index contributed by atoms with van der Waals surface area (Å²) < 4.78 is 0. The van der Waals surface area contributed by atoms with Crippen molar-refractivity contribution in [2.45, 2.75) is 19.8 Å². The minimum atomic E-state index is 0.0815. The Morgan fingerprint density at radius 3 is 3.00 bits per heavy atom. The Labute approximate surface area is 91.0 Å². The third-order valence-electron chi connectivity index (χ3n) is 2.12. The third kappa shape index (κ3) is 3.98. The van der Waals surface area contributed by atoms with Gasteiger partial charge in [-0.25, -0.2) is 0 Å². The van der Waals surface area contributed by atoms with Crippen LogP contribution in [0.25, 0.3) is 6.08 Å². The number of hydrogen-bond acceptors (Lipinski definition) is 1. The summed E-state index contributed by atoms with van der Waals surface area (Å²) in [6, 6.07) is 7.86. The summed E-state index contributed by atoms with van der Waals surface area (Å²) in [6.45, 7) is 6.49. The van der Waals surface area contributed by atoms with Gasteiger partial charge in [0.25, 0.3) is 0 Å². The Kier molecular flexibility index (Phi) is 4.61. The van der Waals surface area contributed by atoms with E-state index in [0.29, 0.717) is 6.42 Å². The maximum Gasteiger partial charge on any atom is 0.224 e. The monoisotopic (exact) mass is 203 g/mol. The SMILES string of the molecule is C=Cc1cccc(CC(=O)NCCC)c1. The second-order valence-electron chi connectivity index (χ2n) is 3.48. The van der Waals surface area contributed by atoms with Crippen LogP contribution in [0.15, 0.2) is 30.8 Å². The number of hydrogen-bond donors (Lipinski definition) is 1. The highest BCUT2D eigenvalue weighted by Gasteiger charge is 2.01. The van der Waals surface area contributed by atoms with Crippen LogP contribution >= 0.6 is 0 Å². The average Bonchev–Trinajstić information content (AvgIpc) is 2.26. The fourth-order valence-electron chi connectivity index (χ4n) is 1.34. The molecule has 0 bridgehead atoms. The van der Waals surface area contributed by atoms with E-state index in [1.54, 1.807) is 6.08 Å². The number of carbonyl (C=O) groups excluding carboxylic acids is 1. The molecule has 0 saturated heterocycles. The van der Waals surface area contributed by atoms with Gasteiger partial charge in [0, 0.05) is 6.54 Å². The van der Waals surface area contributed by atoms with E-state index in [4.69, 9.17) is 0 Å². The van der Waals surface area contributed by atoms with Crippen molar-refractivity contribution in [2.24, 2.45) is 0 Å². The quantitative estimate of drug-likeness (QED) is 0.782. The Morgan fingerprint density at radius 1 is 1.53 bits per heavy atom. The van der Waals surface area contributed by atoms with Crippen molar-refractivity contribution >= 4 is 12.0 Å². The van der Waals surface area contributed by atoms with E-state index < -0.39 is 0 Å². The highest BCUT2D eigenvalue weighted by Crippen LogP contribution is 2.06. The Morgan fingerprint density at radius 2 is 2.33 bits per heavy atom. The van der Waals surface area contributed by atoms with Gasteiger partial charge in [-0.05, 0) is 17.5 Å². The fraction of sp³-hybridized carbons (Fsp3) is 0.308. The molecule has 1 N–H and O–H groups in total. The lowest BCUT2D eigenvalue weighted by atomic mass is 10.1. The van der Waals surface area contributed by atoms with Crippen molar-refractivity contribution in [3.05, 3.63) is 42.0 Å². The van der Waals surface area contributed by atoms with Crippen molar-refractivity contribution in [3.63, 3.8) is 0 Å². The maximum absolute atomic E-state index is 11.4. The molecule has 0 heterocycles. The zero-order valence-electron chi connectivity index (χ0n) is 9.12. The van der Waals surface area contributed by atoms with Gasteiger partial charge >= 0.3 is 0 Å². The zero-order valence-corrected chi connectivity index (χ0v) is 9.12. The fourth-order valence-corrected chi connectivity index (χ4v) is 1.34. The molecule has 0 saturated carbocycles. The lowest BCUT2D eigenvalue weighted by molar-refractivity contribution is -0.120. The molecule has 0 atom stereocenters. The first-order valence-corrected chi connectivity index (χ1v) is 5.24. The maximum atomic E-state index is 11.4. The molecule has 1 rings (SSSR count). The Balaban J connectivity index is 2.56. The second-order valence-corrected chi connectivity index (χ2v) is 3.48. The largest absolute Gasteiger partial charge is 0.356 e. The highest BCUT2D eigenvalue weighted by atomic mass is 16.1. The number of amides is 1. The average molecular weight is 203 g/mol. The van der Waals surface area contributed by atoms with Crippen LogP contribution in [0.3, 0.4) is 0 Å². The van der Waals surface area contributed by atoms with Gasteiger partial charge < -0.3 is 5.32 Å². The molecule has 1 aromatic rings. The van der Waals surface area contributed by atoms with Gasteiger partial charge in [0.1, 0.15) is 0 Å². The summed E-state index contributed by atoms with van der Waals surface area (Å²) in [5.41, 5.74) is 2.08. The van der Waals surface area contributed by atoms with E-state index in [9.17, 15) is 4.79 Å². The first-order valence-electron chi connectivity index (χ1n) is 5.24. The molecule has 0 radical (unpaired) electrons. The second kappa shape index (κ2) is 6.02. The van der Waals surface area contributed by atoms with Crippen LogP contribution in [0.1, 0.15) is 24.5 Å².